The van der Waals surface area contributed by atoms with Gasteiger partial charge in [-0.05, 0) is 34.1 Å². The Kier molecular flexibility index (Phi) is 3.52. The summed E-state index contributed by atoms with van der Waals surface area (Å²) in [6.45, 7) is 1.29. The molecule has 1 aliphatic heterocycles. The van der Waals surface area contributed by atoms with Crippen molar-refractivity contribution in [2.45, 2.75) is 6.10 Å². The highest BCUT2D eigenvalue weighted by atomic mass is 79.9. The van der Waals surface area contributed by atoms with E-state index in [-0.39, 0.29) is 12.0 Å². The van der Waals surface area contributed by atoms with Crippen molar-refractivity contribution < 1.29 is 9.53 Å². The molecule has 0 N–H and O–H groups in total. The molecule has 1 aliphatic rings. The first-order valence-electron chi connectivity index (χ1n) is 4.89. The number of carbonyl (C=O) groups excluding carboxylic acids is 1. The van der Waals surface area contributed by atoms with Crippen LogP contribution in [0.4, 0.5) is 0 Å². The lowest BCUT2D eigenvalue weighted by Gasteiger charge is -2.38. The van der Waals surface area contributed by atoms with E-state index in [2.05, 4.69) is 15.9 Å². The topological polar surface area (TPSA) is 29.5 Å². The zero-order valence-corrected chi connectivity index (χ0v) is 11.1. The molecule has 1 amide bonds. The molecule has 5 heteroatoms. The number of carbonyl (C=O) groups is 1. The van der Waals surface area contributed by atoms with E-state index in [0.717, 1.165) is 4.47 Å². The smallest absolute Gasteiger partial charge is 0.255 e. The van der Waals surface area contributed by atoms with Crippen molar-refractivity contribution in [3.63, 3.8) is 0 Å². The second-order valence-corrected chi connectivity index (χ2v) is 4.98. The molecule has 0 bridgehead atoms. The molecule has 86 valence electrons. The molecule has 0 saturated carbocycles. The lowest BCUT2D eigenvalue weighted by Crippen LogP contribution is -2.54. The third kappa shape index (κ3) is 2.24. The largest absolute Gasteiger partial charge is 0.378 e. The van der Waals surface area contributed by atoms with Crippen molar-refractivity contribution in [2.24, 2.45) is 0 Å². The first-order valence-corrected chi connectivity index (χ1v) is 6.06. The molecule has 0 atom stereocenters. The average molecular weight is 305 g/mol. The highest BCUT2D eigenvalue weighted by Crippen LogP contribution is 2.24. The minimum Gasteiger partial charge on any atom is -0.378 e. The van der Waals surface area contributed by atoms with Crippen LogP contribution in [-0.4, -0.2) is 37.1 Å². The van der Waals surface area contributed by atoms with Gasteiger partial charge in [-0.2, -0.15) is 0 Å². The summed E-state index contributed by atoms with van der Waals surface area (Å²) in [6.07, 6.45) is 0.168. The van der Waals surface area contributed by atoms with Gasteiger partial charge in [-0.1, -0.05) is 11.6 Å². The Hall–Kier alpha value is -0.580. The Morgan fingerprint density at radius 3 is 2.88 bits per heavy atom. The van der Waals surface area contributed by atoms with Crippen LogP contribution in [0.3, 0.4) is 0 Å². The fourth-order valence-corrected chi connectivity index (χ4v) is 2.17. The molecule has 0 aliphatic carbocycles. The summed E-state index contributed by atoms with van der Waals surface area (Å²) < 4.78 is 5.89. The Balaban J connectivity index is 2.13. The average Bonchev–Trinajstić information content (AvgIpc) is 2.20. The van der Waals surface area contributed by atoms with Gasteiger partial charge < -0.3 is 9.64 Å². The van der Waals surface area contributed by atoms with E-state index in [0.29, 0.717) is 23.7 Å². The first kappa shape index (κ1) is 11.9. The molecule has 2 rings (SSSR count). The van der Waals surface area contributed by atoms with Crippen molar-refractivity contribution in [1.29, 1.82) is 0 Å². The van der Waals surface area contributed by atoms with Crippen LogP contribution in [0.2, 0.25) is 5.02 Å². The summed E-state index contributed by atoms with van der Waals surface area (Å²) in [5.41, 5.74) is 0.599. The second kappa shape index (κ2) is 4.73. The minimum atomic E-state index is -0.0114. The highest BCUT2D eigenvalue weighted by Gasteiger charge is 2.31. The number of hydrogen-bond donors (Lipinski definition) is 0. The maximum absolute atomic E-state index is 12.0. The number of methoxy groups -OCH3 is 1. The Bertz CT molecular complexity index is 418. The van der Waals surface area contributed by atoms with Gasteiger partial charge in [0.2, 0.25) is 0 Å². The molecule has 0 aromatic heterocycles. The predicted octanol–water partition coefficient (Wildman–Crippen LogP) is 2.57. The molecule has 0 unspecified atom stereocenters. The summed E-state index contributed by atoms with van der Waals surface area (Å²) in [5.74, 6) is -0.0114. The van der Waals surface area contributed by atoms with E-state index in [1.807, 2.05) is 0 Å². The van der Waals surface area contributed by atoms with Gasteiger partial charge in [0.1, 0.15) is 0 Å². The number of nitrogens with zero attached hydrogens (tertiary/aromatic N) is 1. The fraction of sp³-hybridized carbons (Fsp3) is 0.364. The third-order valence-corrected chi connectivity index (χ3v) is 3.55. The van der Waals surface area contributed by atoms with Gasteiger partial charge in [-0.25, -0.2) is 0 Å². The summed E-state index contributed by atoms with van der Waals surface area (Å²) in [5, 5.41) is 0.565. The van der Waals surface area contributed by atoms with Crippen molar-refractivity contribution in [3.8, 4) is 0 Å². The van der Waals surface area contributed by atoms with Gasteiger partial charge in [0.25, 0.3) is 5.91 Å². The van der Waals surface area contributed by atoms with Gasteiger partial charge in [0, 0.05) is 29.7 Å². The Morgan fingerprint density at radius 2 is 2.25 bits per heavy atom. The summed E-state index contributed by atoms with van der Waals surface area (Å²) in [7, 11) is 1.65. The monoisotopic (exact) mass is 303 g/mol. The molecule has 16 heavy (non-hydrogen) atoms. The normalized spacial score (nSPS) is 16.1. The van der Waals surface area contributed by atoms with Gasteiger partial charge >= 0.3 is 0 Å². The lowest BCUT2D eigenvalue weighted by molar-refractivity contribution is -0.0192. The third-order valence-electron chi connectivity index (χ3n) is 2.63. The minimum absolute atomic E-state index is 0.0114. The van der Waals surface area contributed by atoms with Crippen LogP contribution >= 0.6 is 27.5 Å². The van der Waals surface area contributed by atoms with Crippen LogP contribution < -0.4 is 0 Å². The Morgan fingerprint density at radius 1 is 1.56 bits per heavy atom. The number of benzene rings is 1. The number of amides is 1. The predicted molar refractivity (Wildman–Crippen MR) is 65.9 cm³/mol. The van der Waals surface area contributed by atoms with Crippen LogP contribution in [0.1, 0.15) is 10.4 Å². The van der Waals surface area contributed by atoms with Crippen molar-refractivity contribution in [2.75, 3.05) is 20.2 Å². The van der Waals surface area contributed by atoms with Crippen molar-refractivity contribution in [1.82, 2.24) is 4.90 Å². The zero-order valence-electron chi connectivity index (χ0n) is 8.74. The van der Waals surface area contributed by atoms with E-state index in [1.165, 1.54) is 0 Å². The second-order valence-electron chi connectivity index (χ2n) is 3.69. The van der Waals surface area contributed by atoms with Gasteiger partial charge in [-0.15, -0.1) is 0 Å². The van der Waals surface area contributed by atoms with Crippen LogP contribution in [0.15, 0.2) is 22.7 Å². The molecule has 0 spiro atoms. The molecule has 1 fully saturated rings. The SMILES string of the molecule is COC1CN(C(=O)c2cc(Cl)ccc2Br)C1. The molecular formula is C11H11BrClNO2. The molecule has 1 heterocycles. The van der Waals surface area contributed by atoms with Crippen molar-refractivity contribution in [3.05, 3.63) is 33.3 Å². The van der Waals surface area contributed by atoms with E-state index in [4.69, 9.17) is 16.3 Å². The quantitative estimate of drug-likeness (QED) is 0.840. The number of ether oxygens (including phenoxy) is 1. The maximum Gasteiger partial charge on any atom is 0.255 e. The number of likely N-dealkylation sites (tertiary alicyclic amines) is 1. The van der Waals surface area contributed by atoms with Gasteiger partial charge in [0.05, 0.1) is 11.7 Å². The highest BCUT2D eigenvalue weighted by molar-refractivity contribution is 9.10. The number of rotatable bonds is 2. The molecule has 3 nitrogen and oxygen atoms in total. The van der Waals surface area contributed by atoms with Gasteiger partial charge in [0.15, 0.2) is 0 Å². The molecule has 1 aromatic carbocycles. The maximum atomic E-state index is 12.0. The fourth-order valence-electron chi connectivity index (χ4n) is 1.58. The standard InChI is InChI=1S/C11H11BrClNO2/c1-16-8-5-14(6-8)11(15)9-4-7(13)2-3-10(9)12/h2-4,8H,5-6H2,1H3. The molecule has 0 radical (unpaired) electrons. The van der Waals surface area contributed by atoms with Crippen LogP contribution in [0.25, 0.3) is 0 Å². The summed E-state index contributed by atoms with van der Waals surface area (Å²) >= 11 is 9.21. The number of hydrogen-bond acceptors (Lipinski definition) is 2. The van der Waals surface area contributed by atoms with Crippen LogP contribution in [0, 0.1) is 0 Å². The molecule has 1 aromatic rings. The Labute approximate surface area is 107 Å². The van der Waals surface area contributed by atoms with Gasteiger partial charge in [-0.3, -0.25) is 4.79 Å². The summed E-state index contributed by atoms with van der Waals surface area (Å²) in [6, 6.07) is 5.20. The van der Waals surface area contributed by atoms with Crippen molar-refractivity contribution >= 4 is 33.4 Å². The van der Waals surface area contributed by atoms with E-state index in [1.54, 1.807) is 30.2 Å². The first-order chi connectivity index (χ1) is 7.61. The van der Waals surface area contributed by atoms with Crippen LogP contribution in [-0.2, 0) is 4.74 Å². The summed E-state index contributed by atoms with van der Waals surface area (Å²) in [4.78, 5) is 13.8. The molecule has 1 saturated heterocycles. The van der Waals surface area contributed by atoms with E-state index in [9.17, 15) is 4.79 Å². The number of halogens is 2. The zero-order chi connectivity index (χ0) is 11.7. The van der Waals surface area contributed by atoms with E-state index < -0.39 is 0 Å². The molecular weight excluding hydrogens is 293 g/mol. The van der Waals surface area contributed by atoms with E-state index >= 15 is 0 Å². The lowest BCUT2D eigenvalue weighted by atomic mass is 10.1. The van der Waals surface area contributed by atoms with Crippen LogP contribution in [0.5, 0.6) is 0 Å².